The Morgan fingerprint density at radius 1 is 1.32 bits per heavy atom. The van der Waals surface area contributed by atoms with Gasteiger partial charge >= 0.3 is 0 Å². The molecule has 0 spiro atoms. The molecule has 2 rings (SSSR count). The van der Waals surface area contributed by atoms with Gasteiger partial charge in [0.2, 0.25) is 10.0 Å². The SMILES string of the molecule is CC(N)C1CCCN(Cc2ccc(S(=O)(=O)N(C)C)cc2)C1. The van der Waals surface area contributed by atoms with Crippen molar-refractivity contribution >= 4 is 10.0 Å². The Labute approximate surface area is 134 Å². The van der Waals surface area contributed by atoms with Crippen LogP contribution >= 0.6 is 0 Å². The van der Waals surface area contributed by atoms with Crippen molar-refractivity contribution in [1.82, 2.24) is 9.21 Å². The van der Waals surface area contributed by atoms with Gasteiger partial charge in [0.25, 0.3) is 0 Å². The van der Waals surface area contributed by atoms with Gasteiger partial charge in [-0.15, -0.1) is 0 Å². The second-order valence-electron chi connectivity index (χ2n) is 6.43. The molecule has 1 heterocycles. The zero-order valence-corrected chi connectivity index (χ0v) is 14.5. The van der Waals surface area contributed by atoms with Crippen molar-refractivity contribution in [3.63, 3.8) is 0 Å². The van der Waals surface area contributed by atoms with Crippen molar-refractivity contribution in [2.24, 2.45) is 11.7 Å². The molecular formula is C16H27N3O2S. The number of sulfonamides is 1. The van der Waals surface area contributed by atoms with Crippen LogP contribution < -0.4 is 5.73 Å². The molecule has 2 unspecified atom stereocenters. The third-order valence-electron chi connectivity index (χ3n) is 4.39. The number of piperidine rings is 1. The van der Waals surface area contributed by atoms with Gasteiger partial charge in [-0.1, -0.05) is 12.1 Å². The van der Waals surface area contributed by atoms with Gasteiger partial charge in [0.05, 0.1) is 4.90 Å². The fraction of sp³-hybridized carbons (Fsp3) is 0.625. The zero-order valence-electron chi connectivity index (χ0n) is 13.7. The topological polar surface area (TPSA) is 66.6 Å². The summed E-state index contributed by atoms with van der Waals surface area (Å²) in [6.45, 7) is 5.04. The van der Waals surface area contributed by atoms with E-state index >= 15 is 0 Å². The highest BCUT2D eigenvalue weighted by atomic mass is 32.2. The molecule has 6 heteroatoms. The van der Waals surface area contributed by atoms with Gasteiger partial charge in [-0.2, -0.15) is 0 Å². The highest BCUT2D eigenvalue weighted by molar-refractivity contribution is 7.89. The second-order valence-corrected chi connectivity index (χ2v) is 8.58. The van der Waals surface area contributed by atoms with Gasteiger partial charge in [0.1, 0.15) is 0 Å². The third-order valence-corrected chi connectivity index (χ3v) is 6.22. The summed E-state index contributed by atoms with van der Waals surface area (Å²) < 4.78 is 25.3. The van der Waals surface area contributed by atoms with E-state index in [1.165, 1.54) is 17.1 Å². The number of hydrogen-bond donors (Lipinski definition) is 1. The molecule has 124 valence electrons. The molecule has 2 atom stereocenters. The van der Waals surface area contributed by atoms with E-state index in [2.05, 4.69) is 11.8 Å². The first kappa shape index (κ1) is 17.4. The molecule has 2 N–H and O–H groups in total. The van der Waals surface area contributed by atoms with E-state index in [4.69, 9.17) is 5.73 Å². The van der Waals surface area contributed by atoms with Crippen LogP contribution in [0.25, 0.3) is 0 Å². The van der Waals surface area contributed by atoms with Crippen LogP contribution in [-0.2, 0) is 16.6 Å². The molecule has 5 nitrogen and oxygen atoms in total. The summed E-state index contributed by atoms with van der Waals surface area (Å²) in [4.78, 5) is 2.75. The van der Waals surface area contributed by atoms with E-state index in [0.29, 0.717) is 10.8 Å². The Bertz CT molecular complexity index is 582. The minimum absolute atomic E-state index is 0.232. The number of benzene rings is 1. The lowest BCUT2D eigenvalue weighted by Gasteiger charge is -2.34. The van der Waals surface area contributed by atoms with Crippen LogP contribution in [0.15, 0.2) is 29.2 Å². The molecular weight excluding hydrogens is 298 g/mol. The average molecular weight is 325 g/mol. The highest BCUT2D eigenvalue weighted by Crippen LogP contribution is 2.21. The van der Waals surface area contributed by atoms with E-state index in [1.807, 2.05) is 12.1 Å². The Hall–Kier alpha value is -0.950. The van der Waals surface area contributed by atoms with Crippen LogP contribution in [0, 0.1) is 5.92 Å². The summed E-state index contributed by atoms with van der Waals surface area (Å²) in [7, 11) is -0.250. The monoisotopic (exact) mass is 325 g/mol. The van der Waals surface area contributed by atoms with Crippen molar-refractivity contribution in [2.75, 3.05) is 27.2 Å². The van der Waals surface area contributed by atoms with Crippen LogP contribution in [0.3, 0.4) is 0 Å². The second kappa shape index (κ2) is 7.08. The van der Waals surface area contributed by atoms with E-state index in [9.17, 15) is 8.42 Å². The summed E-state index contributed by atoms with van der Waals surface area (Å²) in [6.07, 6.45) is 2.38. The first-order valence-electron chi connectivity index (χ1n) is 7.80. The molecule has 0 radical (unpaired) electrons. The molecule has 22 heavy (non-hydrogen) atoms. The van der Waals surface area contributed by atoms with Gasteiger partial charge in [0, 0.05) is 33.2 Å². The summed E-state index contributed by atoms with van der Waals surface area (Å²) in [5.74, 6) is 0.558. The van der Waals surface area contributed by atoms with Crippen LogP contribution in [0.5, 0.6) is 0 Å². The molecule has 1 fully saturated rings. The van der Waals surface area contributed by atoms with Crippen molar-refractivity contribution in [3.8, 4) is 0 Å². The van der Waals surface area contributed by atoms with Crippen molar-refractivity contribution in [2.45, 2.75) is 37.2 Å². The summed E-state index contributed by atoms with van der Waals surface area (Å²) in [6, 6.07) is 7.43. The first-order valence-corrected chi connectivity index (χ1v) is 9.24. The molecule has 1 aliphatic heterocycles. The maximum atomic E-state index is 12.1. The van der Waals surface area contributed by atoms with Crippen LogP contribution in [-0.4, -0.2) is 50.8 Å². The van der Waals surface area contributed by atoms with Gasteiger partial charge in [-0.25, -0.2) is 12.7 Å². The van der Waals surface area contributed by atoms with E-state index < -0.39 is 10.0 Å². The minimum Gasteiger partial charge on any atom is -0.328 e. The van der Waals surface area contributed by atoms with Crippen LogP contribution in [0.2, 0.25) is 0 Å². The number of hydrogen-bond acceptors (Lipinski definition) is 4. The van der Waals surface area contributed by atoms with Crippen LogP contribution in [0.1, 0.15) is 25.3 Å². The normalized spacial score (nSPS) is 22.0. The molecule has 0 amide bonds. The molecule has 0 bridgehead atoms. The number of nitrogens with zero attached hydrogens (tertiary/aromatic N) is 2. The smallest absolute Gasteiger partial charge is 0.242 e. The van der Waals surface area contributed by atoms with Gasteiger partial charge in [-0.3, -0.25) is 4.90 Å². The lowest BCUT2D eigenvalue weighted by Crippen LogP contribution is -2.41. The van der Waals surface area contributed by atoms with Gasteiger partial charge < -0.3 is 5.73 Å². The van der Waals surface area contributed by atoms with E-state index in [1.54, 1.807) is 26.2 Å². The number of rotatable bonds is 5. The Morgan fingerprint density at radius 2 is 1.95 bits per heavy atom. The Kier molecular flexibility index (Phi) is 5.60. The summed E-state index contributed by atoms with van der Waals surface area (Å²) >= 11 is 0. The molecule has 1 aromatic rings. The van der Waals surface area contributed by atoms with Gasteiger partial charge in [0.15, 0.2) is 0 Å². The molecule has 0 aromatic heterocycles. The molecule has 0 aliphatic carbocycles. The van der Waals surface area contributed by atoms with Crippen molar-refractivity contribution < 1.29 is 8.42 Å². The molecule has 1 aromatic carbocycles. The maximum absolute atomic E-state index is 12.1. The maximum Gasteiger partial charge on any atom is 0.242 e. The third kappa shape index (κ3) is 4.07. The van der Waals surface area contributed by atoms with E-state index in [-0.39, 0.29) is 6.04 Å². The average Bonchev–Trinajstić information content (AvgIpc) is 2.48. The molecule has 0 saturated carbocycles. The number of likely N-dealkylation sites (tertiary alicyclic amines) is 1. The minimum atomic E-state index is -3.34. The number of nitrogens with two attached hydrogens (primary N) is 1. The fourth-order valence-corrected chi connectivity index (χ4v) is 3.80. The first-order chi connectivity index (χ1) is 10.3. The standard InChI is InChI=1S/C16H27N3O2S/c1-13(17)15-5-4-10-19(12-15)11-14-6-8-16(9-7-14)22(20,21)18(2)3/h6-9,13,15H,4-5,10-12,17H2,1-3H3. The Balaban J connectivity index is 2.03. The molecule has 1 aliphatic rings. The van der Waals surface area contributed by atoms with Crippen LogP contribution in [0.4, 0.5) is 0 Å². The van der Waals surface area contributed by atoms with E-state index in [0.717, 1.165) is 25.2 Å². The lowest BCUT2D eigenvalue weighted by atomic mass is 9.92. The molecule has 1 saturated heterocycles. The predicted octanol–water partition coefficient (Wildman–Crippen LogP) is 1.50. The van der Waals surface area contributed by atoms with Gasteiger partial charge in [-0.05, 0) is 49.9 Å². The van der Waals surface area contributed by atoms with Crippen molar-refractivity contribution in [1.29, 1.82) is 0 Å². The summed E-state index contributed by atoms with van der Waals surface area (Å²) in [5, 5.41) is 0. The predicted molar refractivity (Wildman–Crippen MR) is 89.0 cm³/mol. The van der Waals surface area contributed by atoms with Crippen molar-refractivity contribution in [3.05, 3.63) is 29.8 Å². The lowest BCUT2D eigenvalue weighted by molar-refractivity contribution is 0.154. The fourth-order valence-electron chi connectivity index (χ4n) is 2.90. The Morgan fingerprint density at radius 3 is 2.50 bits per heavy atom. The summed E-state index contributed by atoms with van der Waals surface area (Å²) in [5.41, 5.74) is 7.16. The quantitative estimate of drug-likeness (QED) is 0.891. The highest BCUT2D eigenvalue weighted by Gasteiger charge is 2.23. The largest absolute Gasteiger partial charge is 0.328 e. The zero-order chi connectivity index (χ0) is 16.3.